The molecule has 112 valence electrons. The second kappa shape index (κ2) is 5.56. The van der Waals surface area contributed by atoms with E-state index in [-0.39, 0.29) is 10.8 Å². The molecule has 2 rings (SSSR count). The molecule has 0 spiro atoms. The maximum absolute atomic E-state index is 12.5. The molecule has 6 heteroatoms. The second-order valence-corrected chi connectivity index (χ2v) is 7.79. The summed E-state index contributed by atoms with van der Waals surface area (Å²) >= 11 is 1.61. The quantitative estimate of drug-likeness (QED) is 0.824. The van der Waals surface area contributed by atoms with E-state index < -0.39 is 11.9 Å². The fourth-order valence-corrected chi connectivity index (χ4v) is 2.67. The maximum atomic E-state index is 12.5. The summed E-state index contributed by atoms with van der Waals surface area (Å²) in [6, 6.07) is 2.68. The van der Waals surface area contributed by atoms with Crippen molar-refractivity contribution in [1.82, 2.24) is 9.71 Å². The van der Waals surface area contributed by atoms with Crippen LogP contribution in [0.5, 0.6) is 0 Å². The lowest BCUT2D eigenvalue weighted by molar-refractivity contribution is -0.141. The van der Waals surface area contributed by atoms with Crippen molar-refractivity contribution in [3.8, 4) is 0 Å². The van der Waals surface area contributed by atoms with Gasteiger partial charge in [0, 0.05) is 17.0 Å². The van der Waals surface area contributed by atoms with E-state index in [1.54, 1.807) is 11.9 Å². The predicted molar refractivity (Wildman–Crippen MR) is 75.2 cm³/mol. The van der Waals surface area contributed by atoms with Gasteiger partial charge in [-0.3, -0.25) is 9.71 Å². The Hall–Kier alpha value is -0.750. The summed E-state index contributed by atoms with van der Waals surface area (Å²) in [5.74, 6) is 0.503. The van der Waals surface area contributed by atoms with E-state index >= 15 is 0 Å². The summed E-state index contributed by atoms with van der Waals surface area (Å²) in [4.78, 5) is 3.55. The fourth-order valence-electron chi connectivity index (χ4n) is 1.86. The molecule has 1 N–H and O–H groups in total. The molecule has 2 nitrogen and oxygen atoms in total. The topological polar surface area (TPSA) is 24.9 Å². The molecule has 1 fully saturated rings. The van der Waals surface area contributed by atoms with Gasteiger partial charge < -0.3 is 0 Å². The Morgan fingerprint density at radius 3 is 2.30 bits per heavy atom. The van der Waals surface area contributed by atoms with E-state index in [1.165, 1.54) is 12.3 Å². The third kappa shape index (κ3) is 4.38. The van der Waals surface area contributed by atoms with Gasteiger partial charge in [0.1, 0.15) is 5.69 Å². The minimum absolute atomic E-state index is 0.0620. The lowest BCUT2D eigenvalue weighted by atomic mass is 10.1. The predicted octanol–water partition coefficient (Wildman–Crippen LogP) is 4.59. The van der Waals surface area contributed by atoms with E-state index in [4.69, 9.17) is 0 Å². The molecule has 0 amide bonds. The van der Waals surface area contributed by atoms with Crippen LogP contribution in [0.3, 0.4) is 0 Å². The van der Waals surface area contributed by atoms with Crippen LogP contribution in [0, 0.1) is 5.92 Å². The van der Waals surface area contributed by atoms with Gasteiger partial charge in [-0.1, -0.05) is 18.0 Å². The van der Waals surface area contributed by atoms with Gasteiger partial charge in [0.05, 0.1) is 0 Å². The smallest absolute Gasteiger partial charge is 0.256 e. The molecular weight excluding hydrogens is 285 g/mol. The normalized spacial score (nSPS) is 18.1. The third-order valence-corrected chi connectivity index (χ3v) is 4.01. The lowest BCUT2D eigenvalue weighted by Gasteiger charge is -2.24. The molecule has 0 radical (unpaired) electrons. The first-order valence-electron chi connectivity index (χ1n) is 6.63. The molecule has 0 saturated heterocycles. The van der Waals surface area contributed by atoms with Crippen molar-refractivity contribution in [2.45, 2.75) is 50.6 Å². The Labute approximate surface area is 121 Å². The Bertz CT molecular complexity index is 447. The Kier molecular flexibility index (Phi) is 4.35. The number of aromatic nitrogens is 1. The Balaban J connectivity index is 2.10. The second-order valence-electron chi connectivity index (χ2n) is 6.12. The number of alkyl halides is 3. The zero-order valence-electron chi connectivity index (χ0n) is 11.8. The number of hydrogen-bond donors (Lipinski definition) is 1. The van der Waals surface area contributed by atoms with Crippen LogP contribution in [0.25, 0.3) is 0 Å². The van der Waals surface area contributed by atoms with Gasteiger partial charge in [-0.05, 0) is 51.2 Å². The number of rotatable bonds is 4. The highest BCUT2D eigenvalue weighted by molar-refractivity contribution is 7.98. The molecule has 1 atom stereocenters. The zero-order valence-corrected chi connectivity index (χ0v) is 12.6. The first-order chi connectivity index (χ1) is 9.17. The highest BCUT2D eigenvalue weighted by Crippen LogP contribution is 2.43. The summed E-state index contributed by atoms with van der Waals surface area (Å²) in [6.07, 6.45) is -0.796. The van der Waals surface area contributed by atoms with Crippen LogP contribution in [-0.2, 0) is 6.18 Å². The zero-order chi connectivity index (χ0) is 15.0. The van der Waals surface area contributed by atoms with Crippen LogP contribution in [0.2, 0.25) is 0 Å². The first-order valence-corrected chi connectivity index (χ1v) is 7.45. The van der Waals surface area contributed by atoms with E-state index in [9.17, 15) is 13.2 Å². The summed E-state index contributed by atoms with van der Waals surface area (Å²) in [7, 11) is 0. The number of halogens is 3. The number of nitrogens with one attached hydrogen (secondary N) is 1. The van der Waals surface area contributed by atoms with Gasteiger partial charge in [-0.15, -0.1) is 0 Å². The standard InChI is InChI=1S/C14H19F3N2S/c1-13(2,3)20-19-12(9-4-5-9)10-6-7-11(18-8-10)14(15,16)17/h6-9,12,19H,4-5H2,1-3H3/t12-/m1/s1. The molecule has 1 aromatic heterocycles. The third-order valence-electron chi connectivity index (χ3n) is 3.02. The van der Waals surface area contributed by atoms with Crippen LogP contribution in [0.15, 0.2) is 18.3 Å². The summed E-state index contributed by atoms with van der Waals surface area (Å²) in [6.45, 7) is 6.29. The van der Waals surface area contributed by atoms with Gasteiger partial charge >= 0.3 is 6.18 Å². The average molecular weight is 304 g/mol. The van der Waals surface area contributed by atoms with E-state index in [2.05, 4.69) is 30.5 Å². The molecular formula is C14H19F3N2S. The molecule has 0 aliphatic heterocycles. The van der Waals surface area contributed by atoms with Crippen molar-refractivity contribution in [2.24, 2.45) is 5.92 Å². The summed E-state index contributed by atoms with van der Waals surface area (Å²) < 4.78 is 41.0. The number of nitrogens with zero attached hydrogens (tertiary/aromatic N) is 1. The molecule has 1 aliphatic rings. The molecule has 0 bridgehead atoms. The summed E-state index contributed by atoms with van der Waals surface area (Å²) in [5, 5.41) is 0. The number of pyridine rings is 1. The highest BCUT2D eigenvalue weighted by Gasteiger charge is 2.35. The first kappa shape index (κ1) is 15.6. The van der Waals surface area contributed by atoms with Gasteiger partial charge in [-0.25, -0.2) is 0 Å². The minimum Gasteiger partial charge on any atom is -0.256 e. The van der Waals surface area contributed by atoms with Crippen molar-refractivity contribution < 1.29 is 13.2 Å². The van der Waals surface area contributed by atoms with Crippen LogP contribution in [0.4, 0.5) is 13.2 Å². The summed E-state index contributed by atoms with van der Waals surface area (Å²) in [5.41, 5.74) is -0.00322. The Morgan fingerprint density at radius 2 is 1.90 bits per heavy atom. The fraction of sp³-hybridized carbons (Fsp3) is 0.643. The van der Waals surface area contributed by atoms with Gasteiger partial charge in [0.25, 0.3) is 0 Å². The van der Waals surface area contributed by atoms with Crippen molar-refractivity contribution in [1.29, 1.82) is 0 Å². The van der Waals surface area contributed by atoms with Gasteiger partial charge in [0.15, 0.2) is 0 Å². The van der Waals surface area contributed by atoms with Crippen molar-refractivity contribution in [3.05, 3.63) is 29.6 Å². The molecule has 20 heavy (non-hydrogen) atoms. The van der Waals surface area contributed by atoms with Crippen LogP contribution in [-0.4, -0.2) is 9.73 Å². The van der Waals surface area contributed by atoms with Crippen molar-refractivity contribution >= 4 is 11.9 Å². The van der Waals surface area contributed by atoms with E-state index in [0.717, 1.165) is 24.5 Å². The average Bonchev–Trinajstić information content (AvgIpc) is 3.11. The van der Waals surface area contributed by atoms with E-state index in [1.807, 2.05) is 0 Å². The number of hydrogen-bond acceptors (Lipinski definition) is 3. The molecule has 0 aromatic carbocycles. The minimum atomic E-state index is -4.37. The largest absolute Gasteiger partial charge is 0.433 e. The monoisotopic (exact) mass is 304 g/mol. The molecule has 0 unspecified atom stereocenters. The van der Waals surface area contributed by atoms with Gasteiger partial charge in [0.2, 0.25) is 0 Å². The molecule has 1 aliphatic carbocycles. The van der Waals surface area contributed by atoms with Crippen LogP contribution >= 0.6 is 11.9 Å². The molecule has 1 saturated carbocycles. The molecule has 1 heterocycles. The van der Waals surface area contributed by atoms with Crippen LogP contribution in [0.1, 0.15) is 50.9 Å². The SMILES string of the molecule is CC(C)(C)SN[C@@H](c1ccc(C(F)(F)F)nc1)C1CC1. The Morgan fingerprint density at radius 1 is 1.25 bits per heavy atom. The van der Waals surface area contributed by atoms with E-state index in [0.29, 0.717) is 5.92 Å². The highest BCUT2D eigenvalue weighted by atomic mass is 32.2. The van der Waals surface area contributed by atoms with Crippen molar-refractivity contribution in [3.63, 3.8) is 0 Å². The van der Waals surface area contributed by atoms with Gasteiger partial charge in [-0.2, -0.15) is 13.2 Å². The van der Waals surface area contributed by atoms with Crippen molar-refractivity contribution in [2.75, 3.05) is 0 Å². The van der Waals surface area contributed by atoms with Crippen LogP contribution < -0.4 is 4.72 Å². The lowest BCUT2D eigenvalue weighted by Crippen LogP contribution is -2.23. The maximum Gasteiger partial charge on any atom is 0.433 e. The molecule has 1 aromatic rings.